The van der Waals surface area contributed by atoms with E-state index in [9.17, 15) is 15.4 Å². The molecule has 8 nitrogen and oxygen atoms in total. The van der Waals surface area contributed by atoms with Crippen molar-refractivity contribution in [3.8, 4) is 12.1 Å². The van der Waals surface area contributed by atoms with Crippen LogP contribution < -0.4 is 9.80 Å². The van der Waals surface area contributed by atoms with Crippen LogP contribution in [-0.2, 0) is 0 Å². The van der Waals surface area contributed by atoms with Gasteiger partial charge in [0.1, 0.15) is 11.9 Å². The van der Waals surface area contributed by atoms with Crippen molar-refractivity contribution in [2.45, 2.75) is 0 Å². The van der Waals surface area contributed by atoms with Crippen LogP contribution in [0.1, 0.15) is 11.1 Å². The Morgan fingerprint density at radius 1 is 1.04 bits per heavy atom. The number of nitro groups is 1. The maximum atomic E-state index is 10.9. The number of rotatable bonds is 3. The number of piperazine rings is 1. The fourth-order valence-electron chi connectivity index (χ4n) is 2.84. The van der Waals surface area contributed by atoms with Crippen LogP contribution in [0.3, 0.4) is 0 Å². The second-order valence-electron chi connectivity index (χ2n) is 5.56. The molecule has 1 aliphatic rings. The molecular formula is C17H14N6O2. The lowest BCUT2D eigenvalue weighted by atomic mass is 10.1. The zero-order valence-electron chi connectivity index (χ0n) is 13.3. The van der Waals surface area contributed by atoms with E-state index in [1.807, 2.05) is 11.0 Å². The average molecular weight is 334 g/mol. The standard InChI is InChI=1S/C17H14N6O2/c18-11-13-3-4-20-17(9-13)22-7-5-21(6-8-22)16-2-1-15(23(24)25)10-14(16)12-19/h1-4,9-10H,5-8H2. The van der Waals surface area contributed by atoms with Gasteiger partial charge in [0.25, 0.3) is 5.69 Å². The zero-order valence-corrected chi connectivity index (χ0v) is 13.3. The summed E-state index contributed by atoms with van der Waals surface area (Å²) < 4.78 is 0. The summed E-state index contributed by atoms with van der Waals surface area (Å²) in [6, 6.07) is 11.9. The topological polar surface area (TPSA) is 110 Å². The summed E-state index contributed by atoms with van der Waals surface area (Å²) in [4.78, 5) is 18.8. The summed E-state index contributed by atoms with van der Waals surface area (Å²) in [6.45, 7) is 2.68. The van der Waals surface area contributed by atoms with E-state index in [2.05, 4.69) is 16.0 Å². The molecule has 8 heteroatoms. The highest BCUT2D eigenvalue weighted by Gasteiger charge is 2.21. The fourth-order valence-corrected chi connectivity index (χ4v) is 2.84. The Bertz CT molecular complexity index is 891. The molecule has 3 rings (SSSR count). The maximum absolute atomic E-state index is 10.9. The number of aromatic nitrogens is 1. The lowest BCUT2D eigenvalue weighted by Gasteiger charge is -2.37. The van der Waals surface area contributed by atoms with Gasteiger partial charge in [-0.25, -0.2) is 4.98 Å². The molecule has 0 radical (unpaired) electrons. The number of pyridine rings is 1. The molecule has 0 atom stereocenters. The molecule has 0 spiro atoms. The number of benzene rings is 1. The molecule has 25 heavy (non-hydrogen) atoms. The Morgan fingerprint density at radius 3 is 2.40 bits per heavy atom. The second-order valence-corrected chi connectivity index (χ2v) is 5.56. The van der Waals surface area contributed by atoms with Crippen LogP contribution in [0.25, 0.3) is 0 Å². The van der Waals surface area contributed by atoms with Crippen molar-refractivity contribution in [3.63, 3.8) is 0 Å². The van der Waals surface area contributed by atoms with Gasteiger partial charge in [0.05, 0.1) is 27.8 Å². The lowest BCUT2D eigenvalue weighted by molar-refractivity contribution is -0.384. The van der Waals surface area contributed by atoms with Crippen molar-refractivity contribution in [3.05, 3.63) is 57.8 Å². The largest absolute Gasteiger partial charge is 0.367 e. The van der Waals surface area contributed by atoms with E-state index in [0.717, 1.165) is 5.82 Å². The fraction of sp³-hybridized carbons (Fsp3) is 0.235. The molecule has 1 aliphatic heterocycles. The van der Waals surface area contributed by atoms with E-state index in [1.54, 1.807) is 24.4 Å². The average Bonchev–Trinajstić information content (AvgIpc) is 2.67. The van der Waals surface area contributed by atoms with Crippen molar-refractivity contribution in [1.29, 1.82) is 10.5 Å². The van der Waals surface area contributed by atoms with Gasteiger partial charge in [-0.2, -0.15) is 10.5 Å². The maximum Gasteiger partial charge on any atom is 0.270 e. The molecule has 1 aromatic carbocycles. The van der Waals surface area contributed by atoms with E-state index >= 15 is 0 Å². The van der Waals surface area contributed by atoms with Crippen LogP contribution in [0.5, 0.6) is 0 Å². The van der Waals surface area contributed by atoms with E-state index in [1.165, 1.54) is 12.1 Å². The minimum atomic E-state index is -0.504. The lowest BCUT2D eigenvalue weighted by Crippen LogP contribution is -2.47. The molecule has 2 aromatic rings. The third-order valence-electron chi connectivity index (χ3n) is 4.13. The van der Waals surface area contributed by atoms with Gasteiger partial charge in [-0.3, -0.25) is 10.1 Å². The zero-order chi connectivity index (χ0) is 17.8. The highest BCUT2D eigenvalue weighted by Crippen LogP contribution is 2.26. The number of hydrogen-bond acceptors (Lipinski definition) is 7. The van der Waals surface area contributed by atoms with Crippen molar-refractivity contribution in [2.24, 2.45) is 0 Å². The summed E-state index contributed by atoms with van der Waals surface area (Å²) >= 11 is 0. The van der Waals surface area contributed by atoms with Crippen LogP contribution in [0.4, 0.5) is 17.2 Å². The number of hydrogen-bond donors (Lipinski definition) is 0. The molecule has 1 saturated heterocycles. The predicted octanol–water partition coefficient (Wildman–Crippen LogP) is 2.06. The number of non-ortho nitro benzene ring substituents is 1. The minimum absolute atomic E-state index is 0.0866. The molecule has 0 aliphatic carbocycles. The summed E-state index contributed by atoms with van der Waals surface area (Å²) in [5, 5.41) is 29.1. The number of nitriles is 2. The number of nitrogens with zero attached hydrogens (tertiary/aromatic N) is 6. The van der Waals surface area contributed by atoms with Crippen LogP contribution in [-0.4, -0.2) is 36.1 Å². The Kier molecular flexibility index (Phi) is 4.44. The molecule has 2 heterocycles. The molecule has 1 aromatic heterocycles. The Balaban J connectivity index is 1.75. The molecule has 124 valence electrons. The van der Waals surface area contributed by atoms with Crippen LogP contribution in [0, 0.1) is 32.8 Å². The second kappa shape index (κ2) is 6.85. The van der Waals surface area contributed by atoms with Crippen molar-refractivity contribution in [2.75, 3.05) is 36.0 Å². The van der Waals surface area contributed by atoms with Gasteiger partial charge >= 0.3 is 0 Å². The normalized spacial score (nSPS) is 13.8. The van der Waals surface area contributed by atoms with Gasteiger partial charge in [-0.05, 0) is 18.2 Å². The molecular weight excluding hydrogens is 320 g/mol. The third-order valence-corrected chi connectivity index (χ3v) is 4.13. The van der Waals surface area contributed by atoms with Crippen LogP contribution in [0.2, 0.25) is 0 Å². The van der Waals surface area contributed by atoms with E-state index < -0.39 is 4.92 Å². The predicted molar refractivity (Wildman–Crippen MR) is 91.2 cm³/mol. The van der Waals surface area contributed by atoms with Gasteiger partial charge in [-0.15, -0.1) is 0 Å². The molecule has 0 bridgehead atoms. The first-order valence-electron chi connectivity index (χ1n) is 7.67. The summed E-state index contributed by atoms with van der Waals surface area (Å²) in [5.74, 6) is 0.753. The molecule has 0 N–H and O–H groups in total. The first-order valence-corrected chi connectivity index (χ1v) is 7.67. The van der Waals surface area contributed by atoms with Crippen molar-refractivity contribution in [1.82, 2.24) is 4.98 Å². The van der Waals surface area contributed by atoms with E-state index in [4.69, 9.17) is 5.26 Å². The van der Waals surface area contributed by atoms with Crippen molar-refractivity contribution < 1.29 is 4.92 Å². The Morgan fingerprint density at radius 2 is 1.76 bits per heavy atom. The van der Waals surface area contributed by atoms with Gasteiger partial charge < -0.3 is 9.80 Å². The Hall–Kier alpha value is -3.65. The minimum Gasteiger partial charge on any atom is -0.367 e. The first-order chi connectivity index (χ1) is 12.1. The van der Waals surface area contributed by atoms with E-state index in [-0.39, 0.29) is 5.69 Å². The number of anilines is 2. The molecule has 1 fully saturated rings. The highest BCUT2D eigenvalue weighted by molar-refractivity contribution is 5.63. The quantitative estimate of drug-likeness (QED) is 0.624. The molecule has 0 amide bonds. The third kappa shape index (κ3) is 3.33. The van der Waals surface area contributed by atoms with E-state index in [0.29, 0.717) is 43.0 Å². The van der Waals surface area contributed by atoms with Gasteiger partial charge in [0.2, 0.25) is 0 Å². The summed E-state index contributed by atoms with van der Waals surface area (Å²) in [6.07, 6.45) is 1.62. The van der Waals surface area contributed by atoms with Crippen LogP contribution in [0.15, 0.2) is 36.5 Å². The number of nitro benzene ring substituents is 1. The summed E-state index contributed by atoms with van der Waals surface area (Å²) in [5.41, 5.74) is 1.48. The van der Waals surface area contributed by atoms with Gasteiger partial charge in [-0.1, -0.05) is 0 Å². The first kappa shape index (κ1) is 16.2. The van der Waals surface area contributed by atoms with Gasteiger partial charge in [0.15, 0.2) is 0 Å². The van der Waals surface area contributed by atoms with Crippen LogP contribution >= 0.6 is 0 Å². The smallest absolute Gasteiger partial charge is 0.270 e. The SMILES string of the molecule is N#Cc1ccnc(N2CCN(c3ccc([N+](=O)[O-])cc3C#N)CC2)c1. The summed E-state index contributed by atoms with van der Waals surface area (Å²) in [7, 11) is 0. The van der Waals surface area contributed by atoms with Gasteiger partial charge in [0, 0.05) is 44.5 Å². The molecule has 0 saturated carbocycles. The van der Waals surface area contributed by atoms with Crippen molar-refractivity contribution >= 4 is 17.2 Å². The Labute approximate surface area is 144 Å². The molecule has 0 unspecified atom stereocenters. The monoisotopic (exact) mass is 334 g/mol. The highest BCUT2D eigenvalue weighted by atomic mass is 16.6.